The molecule has 5 nitrogen and oxygen atoms in total. The third kappa shape index (κ3) is 4.83. The Morgan fingerprint density at radius 2 is 1.57 bits per heavy atom. The van der Waals surface area contributed by atoms with Crippen LogP contribution in [0.3, 0.4) is 0 Å². The number of anilines is 2. The lowest BCUT2D eigenvalue weighted by molar-refractivity contribution is -0.116. The maximum absolute atomic E-state index is 13.9. The van der Waals surface area contributed by atoms with Crippen LogP contribution in [-0.2, 0) is 14.8 Å². The molecule has 0 aromatic heterocycles. The largest absolute Gasteiger partial charge is 0.314 e. The number of carbonyl (C=O) groups is 1. The molecule has 0 spiro atoms. The average molecular weight is 445 g/mol. The smallest absolute Gasteiger partial charge is 0.264 e. The molecule has 0 atom stereocenters. The average Bonchev–Trinajstić information content (AvgIpc) is 2.77. The van der Waals surface area contributed by atoms with Crippen LogP contribution in [0, 0.1) is 5.82 Å². The van der Waals surface area contributed by atoms with Crippen molar-refractivity contribution >= 4 is 39.1 Å². The van der Waals surface area contributed by atoms with Crippen molar-refractivity contribution in [2.24, 2.45) is 0 Å². The van der Waals surface area contributed by atoms with Crippen LogP contribution in [0.25, 0.3) is 0 Å². The zero-order valence-corrected chi connectivity index (χ0v) is 18.2. The summed E-state index contributed by atoms with van der Waals surface area (Å²) in [6.45, 7) is -0.471. The molecule has 0 unspecified atom stereocenters. The van der Waals surface area contributed by atoms with Crippen molar-refractivity contribution < 1.29 is 17.6 Å². The second kappa shape index (κ2) is 9.32. The molecule has 3 aromatic rings. The minimum absolute atomic E-state index is 0.0275. The van der Waals surface area contributed by atoms with E-state index in [1.54, 1.807) is 43.4 Å². The highest BCUT2D eigenvalue weighted by Gasteiger charge is 2.29. The topological polar surface area (TPSA) is 57.7 Å². The SMILES string of the molecule is CSc1ccc(S(=O)(=O)N(CC(=O)N(C)c2ccccc2)c2cccc(F)c2)cc1. The molecule has 30 heavy (non-hydrogen) atoms. The maximum Gasteiger partial charge on any atom is 0.264 e. The summed E-state index contributed by atoms with van der Waals surface area (Å²) in [6, 6.07) is 20.5. The molecule has 0 saturated carbocycles. The molecule has 0 bridgehead atoms. The number of rotatable bonds is 7. The number of para-hydroxylation sites is 1. The minimum atomic E-state index is -4.10. The van der Waals surface area contributed by atoms with Crippen LogP contribution in [0.2, 0.25) is 0 Å². The van der Waals surface area contributed by atoms with E-state index in [4.69, 9.17) is 0 Å². The van der Waals surface area contributed by atoms with Gasteiger partial charge in [0.2, 0.25) is 5.91 Å². The van der Waals surface area contributed by atoms with Gasteiger partial charge in [0.05, 0.1) is 10.6 Å². The standard InChI is InChI=1S/C22H21FN2O3S2/c1-24(18-8-4-3-5-9-18)22(26)16-25(19-10-6-7-17(23)15-19)30(27,28)21-13-11-20(29-2)12-14-21/h3-15H,16H2,1-2H3. The lowest BCUT2D eigenvalue weighted by Crippen LogP contribution is -2.41. The second-order valence-electron chi connectivity index (χ2n) is 6.46. The summed E-state index contributed by atoms with van der Waals surface area (Å²) < 4.78 is 41.5. The Kier molecular flexibility index (Phi) is 6.79. The summed E-state index contributed by atoms with van der Waals surface area (Å²) in [5, 5.41) is 0. The van der Waals surface area contributed by atoms with Gasteiger partial charge in [-0.15, -0.1) is 11.8 Å². The van der Waals surface area contributed by atoms with Crippen molar-refractivity contribution in [1.29, 1.82) is 0 Å². The number of benzene rings is 3. The molecular formula is C22H21FN2O3S2. The predicted molar refractivity (Wildman–Crippen MR) is 119 cm³/mol. The summed E-state index contributed by atoms with van der Waals surface area (Å²) in [5.74, 6) is -1.04. The Balaban J connectivity index is 1.99. The van der Waals surface area contributed by atoms with E-state index < -0.39 is 28.3 Å². The molecule has 0 radical (unpaired) electrons. The molecule has 3 rings (SSSR count). The fourth-order valence-electron chi connectivity index (χ4n) is 2.85. The number of hydrogen-bond acceptors (Lipinski definition) is 4. The third-order valence-corrected chi connectivity index (χ3v) is 7.07. The van der Waals surface area contributed by atoms with Gasteiger partial charge >= 0.3 is 0 Å². The Labute approximate surface area is 180 Å². The molecular weight excluding hydrogens is 423 g/mol. The van der Waals surface area contributed by atoms with Crippen LogP contribution in [0.5, 0.6) is 0 Å². The first-order valence-electron chi connectivity index (χ1n) is 9.07. The molecule has 0 aliphatic carbocycles. The van der Waals surface area contributed by atoms with Gasteiger partial charge < -0.3 is 4.90 Å². The van der Waals surface area contributed by atoms with Gasteiger partial charge in [-0.2, -0.15) is 0 Å². The molecule has 3 aromatic carbocycles. The van der Waals surface area contributed by atoms with Crippen molar-refractivity contribution in [2.75, 3.05) is 29.1 Å². The Morgan fingerprint density at radius 1 is 0.933 bits per heavy atom. The zero-order valence-electron chi connectivity index (χ0n) is 16.5. The maximum atomic E-state index is 13.9. The fraction of sp³-hybridized carbons (Fsp3) is 0.136. The lowest BCUT2D eigenvalue weighted by atomic mass is 10.3. The minimum Gasteiger partial charge on any atom is -0.314 e. The second-order valence-corrected chi connectivity index (χ2v) is 9.20. The van der Waals surface area contributed by atoms with Gasteiger partial charge in [0.1, 0.15) is 12.4 Å². The fourth-order valence-corrected chi connectivity index (χ4v) is 4.66. The first-order valence-corrected chi connectivity index (χ1v) is 11.7. The number of likely N-dealkylation sites (N-methyl/N-ethyl adjacent to an activating group) is 1. The highest BCUT2D eigenvalue weighted by Crippen LogP contribution is 2.26. The van der Waals surface area contributed by atoms with Crippen LogP contribution in [-0.4, -0.2) is 34.2 Å². The Hall–Kier alpha value is -2.84. The summed E-state index contributed by atoms with van der Waals surface area (Å²) in [4.78, 5) is 15.2. The zero-order chi connectivity index (χ0) is 21.7. The molecule has 0 heterocycles. The van der Waals surface area contributed by atoms with Crippen molar-refractivity contribution in [3.8, 4) is 0 Å². The first kappa shape index (κ1) is 21.9. The molecule has 0 aliphatic heterocycles. The van der Waals surface area contributed by atoms with E-state index in [1.807, 2.05) is 12.3 Å². The molecule has 156 valence electrons. The Bertz CT molecular complexity index is 1120. The van der Waals surface area contributed by atoms with Gasteiger partial charge in [-0.1, -0.05) is 24.3 Å². The van der Waals surface area contributed by atoms with E-state index in [2.05, 4.69) is 0 Å². The monoisotopic (exact) mass is 444 g/mol. The van der Waals surface area contributed by atoms with Crippen molar-refractivity contribution in [3.63, 3.8) is 0 Å². The summed E-state index contributed by atoms with van der Waals surface area (Å²) in [6.07, 6.45) is 1.89. The number of carbonyl (C=O) groups excluding carboxylic acids is 1. The van der Waals surface area contributed by atoms with Gasteiger partial charge in [0.25, 0.3) is 10.0 Å². The van der Waals surface area contributed by atoms with Gasteiger partial charge in [0.15, 0.2) is 0 Å². The molecule has 8 heteroatoms. The van der Waals surface area contributed by atoms with Gasteiger partial charge in [-0.05, 0) is 60.9 Å². The molecule has 1 amide bonds. The van der Waals surface area contributed by atoms with Crippen molar-refractivity contribution in [1.82, 2.24) is 0 Å². The predicted octanol–water partition coefficient (Wildman–Crippen LogP) is 4.41. The van der Waals surface area contributed by atoms with Gasteiger partial charge in [-0.25, -0.2) is 12.8 Å². The number of halogens is 1. The number of thioether (sulfide) groups is 1. The van der Waals surface area contributed by atoms with Crippen LogP contribution in [0.1, 0.15) is 0 Å². The summed E-state index contributed by atoms with van der Waals surface area (Å²) >= 11 is 1.49. The van der Waals surface area contributed by atoms with E-state index in [9.17, 15) is 17.6 Å². The highest BCUT2D eigenvalue weighted by molar-refractivity contribution is 7.98. The first-order chi connectivity index (χ1) is 14.3. The van der Waals surface area contributed by atoms with Crippen molar-refractivity contribution in [2.45, 2.75) is 9.79 Å². The third-order valence-electron chi connectivity index (χ3n) is 4.54. The van der Waals surface area contributed by atoms with Gasteiger partial charge in [0, 0.05) is 17.6 Å². The van der Waals surface area contributed by atoms with E-state index in [0.717, 1.165) is 15.3 Å². The van der Waals surface area contributed by atoms with E-state index >= 15 is 0 Å². The van der Waals surface area contributed by atoms with Crippen LogP contribution >= 0.6 is 11.8 Å². The molecule has 0 aliphatic rings. The molecule has 0 saturated heterocycles. The number of sulfonamides is 1. The summed E-state index contributed by atoms with van der Waals surface area (Å²) in [5.41, 5.74) is 0.710. The van der Waals surface area contributed by atoms with Crippen LogP contribution in [0.4, 0.5) is 15.8 Å². The molecule has 0 N–H and O–H groups in total. The van der Waals surface area contributed by atoms with E-state index in [1.165, 1.54) is 47.0 Å². The lowest BCUT2D eigenvalue weighted by Gasteiger charge is -2.27. The Morgan fingerprint density at radius 3 is 2.17 bits per heavy atom. The quantitative estimate of drug-likeness (QED) is 0.507. The number of amides is 1. The highest BCUT2D eigenvalue weighted by atomic mass is 32.2. The number of hydrogen-bond donors (Lipinski definition) is 0. The van der Waals surface area contributed by atoms with E-state index in [-0.39, 0.29) is 10.6 Å². The van der Waals surface area contributed by atoms with Crippen LogP contribution < -0.4 is 9.21 Å². The number of nitrogens with zero attached hydrogens (tertiary/aromatic N) is 2. The van der Waals surface area contributed by atoms with Crippen LogP contribution in [0.15, 0.2) is 88.7 Å². The normalized spacial score (nSPS) is 11.2. The summed E-state index contributed by atoms with van der Waals surface area (Å²) in [7, 11) is -2.53. The molecule has 0 fully saturated rings. The van der Waals surface area contributed by atoms with Gasteiger partial charge in [-0.3, -0.25) is 9.10 Å². The van der Waals surface area contributed by atoms with Crippen molar-refractivity contribution in [3.05, 3.63) is 84.7 Å². The van der Waals surface area contributed by atoms with E-state index in [0.29, 0.717) is 5.69 Å².